The van der Waals surface area contributed by atoms with Crippen molar-refractivity contribution in [3.63, 3.8) is 0 Å². The summed E-state index contributed by atoms with van der Waals surface area (Å²) in [6, 6.07) is 7.74. The van der Waals surface area contributed by atoms with Gasteiger partial charge in [0, 0.05) is 24.7 Å². The molecular weight excluding hydrogens is 342 g/mol. The van der Waals surface area contributed by atoms with E-state index in [1.54, 1.807) is 0 Å². The van der Waals surface area contributed by atoms with Crippen molar-refractivity contribution in [2.24, 2.45) is 4.99 Å². The molecule has 0 amide bonds. The Balaban J connectivity index is 1.85. The summed E-state index contributed by atoms with van der Waals surface area (Å²) in [5.41, 5.74) is 5.89. The van der Waals surface area contributed by atoms with Gasteiger partial charge in [-0.2, -0.15) is 0 Å². The fraction of sp³-hybridized carbons (Fsp3) is 0.640. The van der Waals surface area contributed by atoms with Crippen LogP contribution in [-0.4, -0.2) is 43.5 Å². The van der Waals surface area contributed by atoms with E-state index in [2.05, 4.69) is 82.2 Å². The first kappa shape index (κ1) is 21.3. The van der Waals surface area contributed by atoms with Crippen molar-refractivity contribution in [2.45, 2.75) is 77.2 Å². The Morgan fingerprint density at radius 3 is 2.36 bits per heavy atom. The molecule has 1 aliphatic heterocycles. The van der Waals surface area contributed by atoms with Crippen LogP contribution >= 0.6 is 0 Å². The van der Waals surface area contributed by atoms with Gasteiger partial charge < -0.3 is 5.32 Å². The number of nitrogens with zero attached hydrogens (tertiary/aromatic N) is 2. The van der Waals surface area contributed by atoms with Crippen molar-refractivity contribution in [3.8, 4) is 0 Å². The van der Waals surface area contributed by atoms with E-state index in [0.717, 1.165) is 25.5 Å². The number of rotatable bonds is 5. The lowest BCUT2D eigenvalue weighted by Crippen LogP contribution is -2.41. The van der Waals surface area contributed by atoms with E-state index in [-0.39, 0.29) is 10.8 Å². The normalized spacial score (nSPS) is 23.1. The highest BCUT2D eigenvalue weighted by molar-refractivity contribution is 6.08. The Labute approximate surface area is 172 Å². The lowest BCUT2D eigenvalue weighted by molar-refractivity contribution is 0.207. The average Bonchev–Trinajstić information content (AvgIpc) is 2.69. The van der Waals surface area contributed by atoms with Crippen LogP contribution in [0.1, 0.15) is 77.0 Å². The van der Waals surface area contributed by atoms with Gasteiger partial charge in [0.15, 0.2) is 0 Å². The van der Waals surface area contributed by atoms with Gasteiger partial charge >= 0.3 is 0 Å². The van der Waals surface area contributed by atoms with Gasteiger partial charge in [0.05, 0.1) is 12.4 Å². The van der Waals surface area contributed by atoms with Gasteiger partial charge in [0.1, 0.15) is 0 Å². The minimum absolute atomic E-state index is 0.233. The third kappa shape index (κ3) is 4.58. The minimum Gasteiger partial charge on any atom is -0.317 e. The summed E-state index contributed by atoms with van der Waals surface area (Å²) >= 11 is 0. The fourth-order valence-corrected chi connectivity index (χ4v) is 4.69. The summed E-state index contributed by atoms with van der Waals surface area (Å²) in [6.45, 7) is 14.7. The number of aliphatic imine (C=N–C) groups is 1. The maximum atomic E-state index is 5.03. The van der Waals surface area contributed by atoms with Crippen molar-refractivity contribution < 1.29 is 0 Å². The molecule has 1 aromatic carbocycles. The van der Waals surface area contributed by atoms with Gasteiger partial charge in [0.2, 0.25) is 0 Å². The Morgan fingerprint density at radius 2 is 1.75 bits per heavy atom. The zero-order valence-electron chi connectivity index (χ0n) is 18.8. The number of likely N-dealkylation sites (tertiary alicyclic amines) is 1. The highest BCUT2D eigenvalue weighted by Gasteiger charge is 2.37. The van der Waals surface area contributed by atoms with Crippen LogP contribution in [0.5, 0.6) is 0 Å². The molecule has 1 saturated heterocycles. The monoisotopic (exact) mass is 381 g/mol. The quantitative estimate of drug-likeness (QED) is 0.723. The van der Waals surface area contributed by atoms with Gasteiger partial charge in [-0.15, -0.1) is 0 Å². The van der Waals surface area contributed by atoms with Gasteiger partial charge in [-0.1, -0.05) is 45.9 Å². The molecule has 1 heterocycles. The molecule has 0 aromatic heterocycles. The fourth-order valence-electron chi connectivity index (χ4n) is 4.69. The third-order valence-electron chi connectivity index (χ3n) is 6.91. The first-order chi connectivity index (χ1) is 13.3. The number of piperidine rings is 1. The Bertz CT molecular complexity index is 734. The topological polar surface area (TPSA) is 27.6 Å². The number of allylic oxidation sites excluding steroid dienone is 2. The highest BCUT2D eigenvalue weighted by atomic mass is 15.2. The molecule has 3 rings (SSSR count). The van der Waals surface area contributed by atoms with Crippen LogP contribution in [0.3, 0.4) is 0 Å². The molecule has 3 nitrogen and oxygen atoms in total. The van der Waals surface area contributed by atoms with Crippen molar-refractivity contribution in [3.05, 3.63) is 47.0 Å². The van der Waals surface area contributed by atoms with Gasteiger partial charge in [-0.3, -0.25) is 9.89 Å². The molecular formula is C25H39N3. The van der Waals surface area contributed by atoms with Crippen LogP contribution in [0.15, 0.2) is 35.3 Å². The molecule has 0 radical (unpaired) electrons. The van der Waals surface area contributed by atoms with Gasteiger partial charge in [0.25, 0.3) is 0 Å². The Kier molecular flexibility index (Phi) is 6.46. The van der Waals surface area contributed by atoms with Crippen LogP contribution in [0.4, 0.5) is 0 Å². The number of fused-ring (bicyclic) bond motifs is 1. The van der Waals surface area contributed by atoms with Crippen LogP contribution in [0, 0.1) is 0 Å². The van der Waals surface area contributed by atoms with E-state index < -0.39 is 0 Å². The Hall–Kier alpha value is -1.45. The molecule has 0 atom stereocenters. The summed E-state index contributed by atoms with van der Waals surface area (Å²) in [5.74, 6) is 0. The number of hydrogen-bond donors (Lipinski definition) is 1. The van der Waals surface area contributed by atoms with Crippen LogP contribution < -0.4 is 5.32 Å². The van der Waals surface area contributed by atoms with E-state index in [1.807, 2.05) is 0 Å². The van der Waals surface area contributed by atoms with Crippen molar-refractivity contribution in [1.29, 1.82) is 0 Å². The van der Waals surface area contributed by atoms with Crippen molar-refractivity contribution >= 4 is 5.71 Å². The average molecular weight is 382 g/mol. The Morgan fingerprint density at radius 1 is 1.11 bits per heavy atom. The number of hydrogen-bond acceptors (Lipinski definition) is 3. The smallest absolute Gasteiger partial charge is 0.0916 e. The SMILES string of the molecule is C/C=C\C(=N/CN1CCC(NC)CC1)c1ccc2c(c1)C(C)(C)CCC2(C)C. The molecule has 2 aliphatic rings. The zero-order chi connectivity index (χ0) is 20.4. The lowest BCUT2D eigenvalue weighted by atomic mass is 9.63. The largest absolute Gasteiger partial charge is 0.317 e. The molecule has 0 saturated carbocycles. The van der Waals surface area contributed by atoms with Crippen molar-refractivity contribution in [1.82, 2.24) is 10.2 Å². The molecule has 0 unspecified atom stereocenters. The minimum atomic E-state index is 0.233. The zero-order valence-corrected chi connectivity index (χ0v) is 18.8. The first-order valence-corrected chi connectivity index (χ1v) is 11.0. The highest BCUT2D eigenvalue weighted by Crippen LogP contribution is 2.45. The van der Waals surface area contributed by atoms with E-state index in [9.17, 15) is 0 Å². The summed E-state index contributed by atoms with van der Waals surface area (Å²) in [6.07, 6.45) is 9.21. The maximum Gasteiger partial charge on any atom is 0.0916 e. The summed E-state index contributed by atoms with van der Waals surface area (Å²) in [5, 5.41) is 3.40. The molecule has 154 valence electrons. The maximum absolute atomic E-state index is 5.03. The molecule has 1 fully saturated rings. The number of nitrogens with one attached hydrogen (secondary N) is 1. The predicted molar refractivity (Wildman–Crippen MR) is 122 cm³/mol. The lowest BCUT2D eigenvalue weighted by Gasteiger charge is -2.42. The number of benzene rings is 1. The van der Waals surface area contributed by atoms with Crippen LogP contribution in [0.25, 0.3) is 0 Å². The van der Waals surface area contributed by atoms with Gasteiger partial charge in [-0.05, 0) is 73.8 Å². The van der Waals surface area contributed by atoms with E-state index in [0.29, 0.717) is 6.04 Å². The predicted octanol–water partition coefficient (Wildman–Crippen LogP) is 5.04. The third-order valence-corrected chi connectivity index (χ3v) is 6.91. The molecule has 0 bridgehead atoms. The van der Waals surface area contributed by atoms with Crippen molar-refractivity contribution in [2.75, 3.05) is 26.8 Å². The van der Waals surface area contributed by atoms with Crippen LogP contribution in [0.2, 0.25) is 0 Å². The van der Waals surface area contributed by atoms with E-state index in [4.69, 9.17) is 4.99 Å². The second-order valence-electron chi connectivity index (χ2n) is 9.89. The molecule has 1 aliphatic carbocycles. The second kappa shape index (κ2) is 8.51. The summed E-state index contributed by atoms with van der Waals surface area (Å²) in [7, 11) is 2.07. The van der Waals surface area contributed by atoms with E-state index >= 15 is 0 Å². The second-order valence-corrected chi connectivity index (χ2v) is 9.89. The van der Waals surface area contributed by atoms with Crippen LogP contribution in [-0.2, 0) is 10.8 Å². The molecule has 3 heteroatoms. The summed E-state index contributed by atoms with van der Waals surface area (Å²) in [4.78, 5) is 7.50. The summed E-state index contributed by atoms with van der Waals surface area (Å²) < 4.78 is 0. The van der Waals surface area contributed by atoms with Gasteiger partial charge in [-0.25, -0.2) is 0 Å². The molecule has 0 spiro atoms. The molecule has 1 N–H and O–H groups in total. The first-order valence-electron chi connectivity index (χ1n) is 11.0. The standard InChI is InChI=1S/C25H39N3/c1-7-8-23(27-18-28-15-11-20(26-6)12-16-28)19-9-10-21-22(17-19)25(4,5)14-13-24(21,2)3/h7-10,17,20,26H,11-16,18H2,1-6H3/b8-7-,27-23+. The van der Waals surface area contributed by atoms with E-state index in [1.165, 1.54) is 42.4 Å². The molecule has 1 aromatic rings. The molecule has 28 heavy (non-hydrogen) atoms.